The zero-order valence-corrected chi connectivity index (χ0v) is 11.3. The number of pyridine rings is 1. The van der Waals surface area contributed by atoms with Gasteiger partial charge in [0.25, 0.3) is 5.91 Å². The average Bonchev–Trinajstić information content (AvgIpc) is 2.47. The monoisotopic (exact) mass is 272 g/mol. The van der Waals surface area contributed by atoms with Gasteiger partial charge in [-0.1, -0.05) is 6.07 Å². The van der Waals surface area contributed by atoms with E-state index in [0.29, 0.717) is 22.8 Å². The summed E-state index contributed by atoms with van der Waals surface area (Å²) in [7, 11) is 1.56. The number of nitrogens with one attached hydrogen (secondary N) is 2. The number of nitrogen functional groups attached to an aromatic ring is 1. The molecule has 1 amide bonds. The van der Waals surface area contributed by atoms with Crippen molar-refractivity contribution >= 4 is 17.4 Å². The van der Waals surface area contributed by atoms with Gasteiger partial charge in [0.1, 0.15) is 11.6 Å². The second-order valence-corrected chi connectivity index (χ2v) is 4.23. The van der Waals surface area contributed by atoms with Crippen molar-refractivity contribution in [2.24, 2.45) is 5.84 Å². The Morgan fingerprint density at radius 3 is 2.70 bits per heavy atom. The first-order valence-corrected chi connectivity index (χ1v) is 6.02. The van der Waals surface area contributed by atoms with Gasteiger partial charge in [0.05, 0.1) is 18.4 Å². The van der Waals surface area contributed by atoms with Gasteiger partial charge in [0.15, 0.2) is 0 Å². The van der Waals surface area contributed by atoms with Crippen LogP contribution in [0, 0.1) is 6.92 Å². The van der Waals surface area contributed by atoms with Gasteiger partial charge in [-0.15, -0.1) is 0 Å². The first-order chi connectivity index (χ1) is 9.63. The maximum absolute atomic E-state index is 12.1. The fourth-order valence-electron chi connectivity index (χ4n) is 1.73. The molecule has 2 rings (SSSR count). The molecule has 0 aliphatic rings. The Balaban J connectivity index is 2.20. The number of hydrogen-bond donors (Lipinski definition) is 3. The molecule has 1 heterocycles. The Morgan fingerprint density at radius 1 is 1.30 bits per heavy atom. The van der Waals surface area contributed by atoms with Gasteiger partial charge in [0.2, 0.25) is 0 Å². The van der Waals surface area contributed by atoms with E-state index in [4.69, 9.17) is 10.6 Å². The number of aryl methyl sites for hydroxylation is 1. The smallest absolute Gasteiger partial charge is 0.257 e. The van der Waals surface area contributed by atoms with Crippen molar-refractivity contribution in [1.29, 1.82) is 0 Å². The molecule has 6 heteroatoms. The van der Waals surface area contributed by atoms with Gasteiger partial charge in [-0.3, -0.25) is 4.79 Å². The minimum Gasteiger partial charge on any atom is -0.495 e. The summed E-state index contributed by atoms with van der Waals surface area (Å²) >= 11 is 0. The van der Waals surface area contributed by atoms with Crippen LogP contribution in [0.5, 0.6) is 5.75 Å². The SMILES string of the molecule is COc1ccc(C)cc1NC(=O)c1ccc(NN)nc1. The highest BCUT2D eigenvalue weighted by molar-refractivity contribution is 6.05. The third kappa shape index (κ3) is 3.04. The number of aromatic nitrogens is 1. The van der Waals surface area contributed by atoms with Gasteiger partial charge in [-0.05, 0) is 36.8 Å². The number of ether oxygens (including phenoxy) is 1. The number of carbonyl (C=O) groups excluding carboxylic acids is 1. The van der Waals surface area contributed by atoms with Crippen molar-refractivity contribution in [2.75, 3.05) is 17.9 Å². The van der Waals surface area contributed by atoms with Crippen LogP contribution in [0.1, 0.15) is 15.9 Å². The number of nitrogens with two attached hydrogens (primary N) is 1. The van der Waals surface area contributed by atoms with Gasteiger partial charge < -0.3 is 15.5 Å². The van der Waals surface area contributed by atoms with E-state index >= 15 is 0 Å². The number of methoxy groups -OCH3 is 1. The lowest BCUT2D eigenvalue weighted by Gasteiger charge is -2.11. The van der Waals surface area contributed by atoms with Crippen LogP contribution in [0.15, 0.2) is 36.5 Å². The molecular weight excluding hydrogens is 256 g/mol. The lowest BCUT2D eigenvalue weighted by molar-refractivity contribution is 0.102. The van der Waals surface area contributed by atoms with Crippen molar-refractivity contribution in [3.8, 4) is 5.75 Å². The minimum absolute atomic E-state index is 0.259. The lowest BCUT2D eigenvalue weighted by atomic mass is 10.2. The number of anilines is 2. The van der Waals surface area contributed by atoms with E-state index in [2.05, 4.69) is 15.7 Å². The summed E-state index contributed by atoms with van der Waals surface area (Å²) in [5, 5.41) is 2.80. The number of rotatable bonds is 4. The van der Waals surface area contributed by atoms with E-state index in [-0.39, 0.29) is 5.91 Å². The molecule has 4 N–H and O–H groups in total. The van der Waals surface area contributed by atoms with Crippen molar-refractivity contribution in [1.82, 2.24) is 4.98 Å². The predicted octanol–water partition coefficient (Wildman–Crippen LogP) is 1.94. The largest absolute Gasteiger partial charge is 0.495 e. The third-order valence-corrected chi connectivity index (χ3v) is 2.78. The number of nitrogens with zero attached hydrogens (tertiary/aromatic N) is 1. The Bertz CT molecular complexity index is 611. The van der Waals surface area contributed by atoms with Crippen LogP contribution in [0.3, 0.4) is 0 Å². The van der Waals surface area contributed by atoms with Crippen LogP contribution in [0.4, 0.5) is 11.5 Å². The Morgan fingerprint density at radius 2 is 2.10 bits per heavy atom. The molecule has 104 valence electrons. The molecule has 0 fully saturated rings. The average molecular weight is 272 g/mol. The number of benzene rings is 1. The van der Waals surface area contributed by atoms with Gasteiger partial charge in [-0.25, -0.2) is 10.8 Å². The number of hydrazine groups is 1. The summed E-state index contributed by atoms with van der Waals surface area (Å²) in [6, 6.07) is 8.84. The van der Waals surface area contributed by atoms with Gasteiger partial charge in [0, 0.05) is 6.20 Å². The molecular formula is C14H16N4O2. The highest BCUT2D eigenvalue weighted by Gasteiger charge is 2.10. The maximum Gasteiger partial charge on any atom is 0.257 e. The summed E-state index contributed by atoms with van der Waals surface area (Å²) in [5.41, 5.74) is 4.50. The molecule has 0 radical (unpaired) electrons. The van der Waals surface area contributed by atoms with E-state index in [1.165, 1.54) is 6.20 Å². The molecule has 0 aliphatic carbocycles. The Kier molecular flexibility index (Phi) is 4.17. The Labute approximate surface area is 116 Å². The van der Waals surface area contributed by atoms with Gasteiger partial charge >= 0.3 is 0 Å². The molecule has 1 aromatic heterocycles. The third-order valence-electron chi connectivity index (χ3n) is 2.78. The van der Waals surface area contributed by atoms with Crippen LogP contribution >= 0.6 is 0 Å². The molecule has 0 aliphatic heterocycles. The van der Waals surface area contributed by atoms with E-state index in [9.17, 15) is 4.79 Å². The zero-order chi connectivity index (χ0) is 14.5. The second-order valence-electron chi connectivity index (χ2n) is 4.23. The molecule has 0 bridgehead atoms. The van der Waals surface area contributed by atoms with E-state index in [0.717, 1.165) is 5.56 Å². The fraction of sp³-hybridized carbons (Fsp3) is 0.143. The number of amides is 1. The van der Waals surface area contributed by atoms with Crippen molar-refractivity contribution in [3.63, 3.8) is 0 Å². The zero-order valence-electron chi connectivity index (χ0n) is 11.3. The summed E-state index contributed by atoms with van der Waals surface area (Å²) < 4.78 is 5.22. The topological polar surface area (TPSA) is 89.3 Å². The predicted molar refractivity (Wildman–Crippen MR) is 77.7 cm³/mol. The maximum atomic E-state index is 12.1. The van der Waals surface area contributed by atoms with Crippen LogP contribution in [-0.4, -0.2) is 18.0 Å². The molecule has 2 aromatic rings. The highest BCUT2D eigenvalue weighted by Crippen LogP contribution is 2.25. The summed E-state index contributed by atoms with van der Waals surface area (Å²) in [6.45, 7) is 1.94. The molecule has 20 heavy (non-hydrogen) atoms. The van der Waals surface area contributed by atoms with Gasteiger partial charge in [-0.2, -0.15) is 0 Å². The summed E-state index contributed by atoms with van der Waals surface area (Å²) in [6.07, 6.45) is 1.45. The van der Waals surface area contributed by atoms with Crippen LogP contribution in [-0.2, 0) is 0 Å². The normalized spacial score (nSPS) is 9.95. The minimum atomic E-state index is -0.259. The quantitative estimate of drug-likeness (QED) is 0.584. The van der Waals surface area contributed by atoms with E-state index in [1.54, 1.807) is 19.2 Å². The standard InChI is InChI=1S/C14H16N4O2/c1-9-3-5-12(20-2)11(7-9)17-14(19)10-4-6-13(18-15)16-8-10/h3-8H,15H2,1-2H3,(H,16,18)(H,17,19). The molecule has 0 spiro atoms. The molecule has 6 nitrogen and oxygen atoms in total. The summed E-state index contributed by atoms with van der Waals surface area (Å²) in [5.74, 6) is 6.07. The Hall–Kier alpha value is -2.60. The molecule has 0 atom stereocenters. The highest BCUT2D eigenvalue weighted by atomic mass is 16.5. The lowest BCUT2D eigenvalue weighted by Crippen LogP contribution is -2.14. The van der Waals surface area contributed by atoms with Crippen molar-refractivity contribution in [2.45, 2.75) is 6.92 Å². The van der Waals surface area contributed by atoms with Crippen molar-refractivity contribution < 1.29 is 9.53 Å². The number of hydrogen-bond acceptors (Lipinski definition) is 5. The molecule has 0 saturated heterocycles. The fourth-order valence-corrected chi connectivity index (χ4v) is 1.73. The van der Waals surface area contributed by atoms with E-state index in [1.807, 2.05) is 25.1 Å². The van der Waals surface area contributed by atoms with Crippen LogP contribution in [0.2, 0.25) is 0 Å². The summed E-state index contributed by atoms with van der Waals surface area (Å²) in [4.78, 5) is 16.1. The van der Waals surface area contributed by atoms with Crippen LogP contribution in [0.25, 0.3) is 0 Å². The number of carbonyl (C=O) groups is 1. The van der Waals surface area contributed by atoms with E-state index < -0.39 is 0 Å². The van der Waals surface area contributed by atoms with Crippen LogP contribution < -0.4 is 21.3 Å². The first kappa shape index (κ1) is 13.8. The first-order valence-electron chi connectivity index (χ1n) is 6.02. The molecule has 0 saturated carbocycles. The molecule has 0 unspecified atom stereocenters. The second kappa shape index (κ2) is 6.03. The molecule has 1 aromatic carbocycles. The van der Waals surface area contributed by atoms with Crippen molar-refractivity contribution in [3.05, 3.63) is 47.7 Å².